The van der Waals surface area contributed by atoms with Crippen LogP contribution in [0.1, 0.15) is 6.42 Å². The van der Waals surface area contributed by atoms with Crippen LogP contribution in [0.5, 0.6) is 11.5 Å². The first kappa shape index (κ1) is 9.86. The van der Waals surface area contributed by atoms with Gasteiger partial charge < -0.3 is 15.2 Å². The molecule has 0 radical (unpaired) electrons. The fraction of sp³-hybridized carbons (Fsp3) is 0.400. The van der Waals surface area contributed by atoms with Crippen molar-refractivity contribution in [2.24, 2.45) is 0 Å². The van der Waals surface area contributed by atoms with E-state index < -0.39 is 0 Å². The van der Waals surface area contributed by atoms with E-state index in [2.05, 4.69) is 5.32 Å². The summed E-state index contributed by atoms with van der Waals surface area (Å²) in [5.41, 5.74) is 0. The Morgan fingerprint density at radius 1 is 1.38 bits per heavy atom. The van der Waals surface area contributed by atoms with Crippen molar-refractivity contribution in [2.75, 3.05) is 20.2 Å². The minimum Gasteiger partial charge on any atom is -0.504 e. The van der Waals surface area contributed by atoms with Gasteiger partial charge in [-0.05, 0) is 32.1 Å². The van der Waals surface area contributed by atoms with Crippen LogP contribution in [-0.4, -0.2) is 25.3 Å². The molecule has 0 aliphatic heterocycles. The zero-order valence-electron chi connectivity index (χ0n) is 7.79. The van der Waals surface area contributed by atoms with Crippen LogP contribution in [0, 0.1) is 0 Å². The number of phenols is 1. The molecule has 0 amide bonds. The van der Waals surface area contributed by atoms with Gasteiger partial charge >= 0.3 is 0 Å². The first-order valence-electron chi connectivity index (χ1n) is 4.40. The van der Waals surface area contributed by atoms with Gasteiger partial charge in [0.15, 0.2) is 11.5 Å². The number of rotatable bonds is 5. The van der Waals surface area contributed by atoms with Crippen molar-refractivity contribution in [1.29, 1.82) is 0 Å². The average Bonchev–Trinajstić information content (AvgIpc) is 2.15. The first-order valence-corrected chi connectivity index (χ1v) is 4.40. The molecule has 0 aliphatic carbocycles. The molecule has 0 saturated heterocycles. The third-order valence-corrected chi connectivity index (χ3v) is 1.69. The molecule has 0 atom stereocenters. The molecule has 0 fully saturated rings. The summed E-state index contributed by atoms with van der Waals surface area (Å²) in [6.07, 6.45) is 0.935. The van der Waals surface area contributed by atoms with Crippen LogP contribution in [0.25, 0.3) is 0 Å². The van der Waals surface area contributed by atoms with E-state index in [-0.39, 0.29) is 5.75 Å². The van der Waals surface area contributed by atoms with Gasteiger partial charge in [-0.3, -0.25) is 0 Å². The molecule has 0 aromatic heterocycles. The molecule has 0 unspecified atom stereocenters. The molecule has 0 spiro atoms. The molecular formula is C10H15NO2. The second-order valence-electron chi connectivity index (χ2n) is 2.77. The van der Waals surface area contributed by atoms with Gasteiger partial charge in [-0.15, -0.1) is 0 Å². The highest BCUT2D eigenvalue weighted by Gasteiger charge is 1.98. The Bertz CT molecular complexity index is 250. The largest absolute Gasteiger partial charge is 0.504 e. The first-order chi connectivity index (χ1) is 6.34. The van der Waals surface area contributed by atoms with E-state index in [9.17, 15) is 5.11 Å². The lowest BCUT2D eigenvalue weighted by Gasteiger charge is -2.06. The molecule has 72 valence electrons. The molecule has 3 heteroatoms. The van der Waals surface area contributed by atoms with Crippen molar-refractivity contribution >= 4 is 0 Å². The smallest absolute Gasteiger partial charge is 0.160 e. The second kappa shape index (κ2) is 5.43. The third-order valence-electron chi connectivity index (χ3n) is 1.69. The standard InChI is InChI=1S/C10H15NO2/c1-11-7-4-8-13-10-6-3-2-5-9(10)12/h2-3,5-6,11-12H,4,7-8H2,1H3. The topological polar surface area (TPSA) is 41.5 Å². The summed E-state index contributed by atoms with van der Waals surface area (Å²) in [6, 6.07) is 6.99. The minimum absolute atomic E-state index is 0.201. The SMILES string of the molecule is CNCCCOc1ccccc1O. The van der Waals surface area contributed by atoms with E-state index in [1.807, 2.05) is 13.1 Å². The molecule has 0 saturated carbocycles. The molecule has 13 heavy (non-hydrogen) atoms. The van der Waals surface area contributed by atoms with Crippen LogP contribution in [0.15, 0.2) is 24.3 Å². The Balaban J connectivity index is 2.32. The Morgan fingerprint density at radius 2 is 2.15 bits per heavy atom. The van der Waals surface area contributed by atoms with Crippen molar-refractivity contribution < 1.29 is 9.84 Å². The summed E-state index contributed by atoms with van der Waals surface area (Å²) in [5, 5.41) is 12.4. The zero-order chi connectivity index (χ0) is 9.52. The van der Waals surface area contributed by atoms with E-state index in [1.54, 1.807) is 18.2 Å². The van der Waals surface area contributed by atoms with Crippen molar-refractivity contribution in [3.05, 3.63) is 24.3 Å². The maximum Gasteiger partial charge on any atom is 0.160 e. The van der Waals surface area contributed by atoms with Crippen LogP contribution >= 0.6 is 0 Å². The number of aromatic hydroxyl groups is 1. The predicted octanol–water partition coefficient (Wildman–Crippen LogP) is 1.38. The number of hydrogen-bond acceptors (Lipinski definition) is 3. The fourth-order valence-electron chi connectivity index (χ4n) is 1.01. The molecule has 0 bridgehead atoms. The quantitative estimate of drug-likeness (QED) is 0.674. The highest BCUT2D eigenvalue weighted by Crippen LogP contribution is 2.24. The van der Waals surface area contributed by atoms with Gasteiger partial charge in [0.25, 0.3) is 0 Å². The lowest BCUT2D eigenvalue weighted by Crippen LogP contribution is -2.11. The lowest BCUT2D eigenvalue weighted by molar-refractivity contribution is 0.293. The fourth-order valence-corrected chi connectivity index (χ4v) is 1.01. The lowest BCUT2D eigenvalue weighted by atomic mass is 10.3. The molecule has 3 nitrogen and oxygen atoms in total. The van der Waals surface area contributed by atoms with Crippen LogP contribution in [-0.2, 0) is 0 Å². The monoisotopic (exact) mass is 181 g/mol. The van der Waals surface area contributed by atoms with Crippen molar-refractivity contribution in [1.82, 2.24) is 5.32 Å². The third kappa shape index (κ3) is 3.34. The van der Waals surface area contributed by atoms with E-state index >= 15 is 0 Å². The van der Waals surface area contributed by atoms with Gasteiger partial charge in [-0.1, -0.05) is 12.1 Å². The predicted molar refractivity (Wildman–Crippen MR) is 52.1 cm³/mol. The van der Waals surface area contributed by atoms with Crippen molar-refractivity contribution in [3.8, 4) is 11.5 Å². The highest BCUT2D eigenvalue weighted by molar-refractivity contribution is 5.37. The number of phenolic OH excluding ortho intramolecular Hbond substituents is 1. The summed E-state index contributed by atoms with van der Waals surface area (Å²) in [5.74, 6) is 0.755. The number of ether oxygens (including phenoxy) is 1. The van der Waals surface area contributed by atoms with E-state index in [1.165, 1.54) is 0 Å². The normalized spacial score (nSPS) is 9.92. The molecule has 0 heterocycles. The Morgan fingerprint density at radius 3 is 2.85 bits per heavy atom. The summed E-state index contributed by atoms with van der Waals surface area (Å²) < 4.78 is 5.35. The van der Waals surface area contributed by atoms with Gasteiger partial charge in [-0.2, -0.15) is 0 Å². The zero-order valence-corrected chi connectivity index (χ0v) is 7.79. The number of para-hydroxylation sites is 2. The summed E-state index contributed by atoms with van der Waals surface area (Å²) >= 11 is 0. The molecule has 1 rings (SSSR count). The maximum atomic E-state index is 9.33. The van der Waals surface area contributed by atoms with Crippen LogP contribution in [0.2, 0.25) is 0 Å². The van der Waals surface area contributed by atoms with Crippen LogP contribution < -0.4 is 10.1 Å². The van der Waals surface area contributed by atoms with E-state index in [0.29, 0.717) is 12.4 Å². The maximum absolute atomic E-state index is 9.33. The Kier molecular flexibility index (Phi) is 4.12. The Hall–Kier alpha value is -1.22. The minimum atomic E-state index is 0.201. The number of nitrogens with one attached hydrogen (secondary N) is 1. The van der Waals surface area contributed by atoms with Crippen LogP contribution in [0.4, 0.5) is 0 Å². The van der Waals surface area contributed by atoms with E-state index in [4.69, 9.17) is 4.74 Å². The van der Waals surface area contributed by atoms with Gasteiger partial charge in [-0.25, -0.2) is 0 Å². The molecular weight excluding hydrogens is 166 g/mol. The summed E-state index contributed by atoms with van der Waals surface area (Å²) in [4.78, 5) is 0. The Labute approximate surface area is 78.3 Å². The van der Waals surface area contributed by atoms with Crippen molar-refractivity contribution in [3.63, 3.8) is 0 Å². The summed E-state index contributed by atoms with van der Waals surface area (Å²) in [6.45, 7) is 1.55. The molecule has 1 aromatic rings. The average molecular weight is 181 g/mol. The van der Waals surface area contributed by atoms with Gasteiger partial charge in [0.1, 0.15) is 0 Å². The van der Waals surface area contributed by atoms with Crippen LogP contribution in [0.3, 0.4) is 0 Å². The number of hydrogen-bond donors (Lipinski definition) is 2. The molecule has 2 N–H and O–H groups in total. The highest BCUT2D eigenvalue weighted by atomic mass is 16.5. The van der Waals surface area contributed by atoms with Gasteiger partial charge in [0, 0.05) is 0 Å². The summed E-state index contributed by atoms with van der Waals surface area (Å²) in [7, 11) is 1.90. The van der Waals surface area contributed by atoms with Gasteiger partial charge in [0.05, 0.1) is 6.61 Å². The van der Waals surface area contributed by atoms with Gasteiger partial charge in [0.2, 0.25) is 0 Å². The molecule has 0 aliphatic rings. The molecule has 1 aromatic carbocycles. The second-order valence-corrected chi connectivity index (χ2v) is 2.77. The number of benzene rings is 1. The van der Waals surface area contributed by atoms with E-state index in [0.717, 1.165) is 13.0 Å². The van der Waals surface area contributed by atoms with Crippen molar-refractivity contribution in [2.45, 2.75) is 6.42 Å².